The molecular weight excluding hydrogens is 304 g/mol. The number of amides is 1. The number of benzene rings is 1. The lowest BCUT2D eigenvalue weighted by Crippen LogP contribution is -2.52. The van der Waals surface area contributed by atoms with E-state index in [1.165, 1.54) is 18.2 Å². The first-order chi connectivity index (χ1) is 9.92. The summed E-state index contributed by atoms with van der Waals surface area (Å²) in [5, 5.41) is 10.2. The predicted molar refractivity (Wildman–Crippen MR) is 73.5 cm³/mol. The third-order valence-corrected chi connectivity index (χ3v) is 3.78. The smallest absolute Gasteiger partial charge is 0.387 e. The molecule has 1 aromatic carbocycles. The van der Waals surface area contributed by atoms with Crippen molar-refractivity contribution >= 4 is 17.5 Å². The van der Waals surface area contributed by atoms with Gasteiger partial charge in [-0.05, 0) is 36.6 Å². The van der Waals surface area contributed by atoms with Gasteiger partial charge in [0.25, 0.3) is 5.91 Å². The van der Waals surface area contributed by atoms with Crippen LogP contribution in [-0.4, -0.2) is 35.1 Å². The van der Waals surface area contributed by atoms with Gasteiger partial charge < -0.3 is 14.7 Å². The fraction of sp³-hybridized carbons (Fsp3) is 0.500. The minimum atomic E-state index is -3.00. The van der Waals surface area contributed by atoms with Gasteiger partial charge in [0, 0.05) is 17.6 Å². The van der Waals surface area contributed by atoms with Crippen molar-refractivity contribution in [2.75, 3.05) is 6.54 Å². The van der Waals surface area contributed by atoms with Gasteiger partial charge in [-0.2, -0.15) is 8.78 Å². The predicted octanol–water partition coefficient (Wildman–Crippen LogP) is 2.99. The van der Waals surface area contributed by atoms with Crippen molar-refractivity contribution < 1.29 is 23.4 Å². The molecule has 7 heteroatoms. The highest BCUT2D eigenvalue weighted by molar-refractivity contribution is 6.30. The van der Waals surface area contributed by atoms with E-state index in [1.54, 1.807) is 4.90 Å². The van der Waals surface area contributed by atoms with Crippen LogP contribution < -0.4 is 4.74 Å². The Balaban J connectivity index is 2.16. The number of ether oxygens (including phenoxy) is 1. The van der Waals surface area contributed by atoms with E-state index in [0.29, 0.717) is 6.54 Å². The zero-order chi connectivity index (χ0) is 15.6. The third kappa shape index (κ3) is 3.63. The van der Waals surface area contributed by atoms with Crippen molar-refractivity contribution in [3.8, 4) is 5.75 Å². The van der Waals surface area contributed by atoms with Gasteiger partial charge in [-0.3, -0.25) is 4.79 Å². The number of hydrogen-bond donors (Lipinski definition) is 1. The number of alkyl halides is 2. The fourth-order valence-corrected chi connectivity index (χ4v) is 2.60. The molecule has 1 aliphatic heterocycles. The summed E-state index contributed by atoms with van der Waals surface area (Å²) in [4.78, 5) is 13.8. The largest absolute Gasteiger partial charge is 0.435 e. The topological polar surface area (TPSA) is 49.8 Å². The van der Waals surface area contributed by atoms with E-state index in [9.17, 15) is 18.7 Å². The summed E-state index contributed by atoms with van der Waals surface area (Å²) in [7, 11) is 0. The normalized spacial score (nSPS) is 19.3. The van der Waals surface area contributed by atoms with Gasteiger partial charge in [0.2, 0.25) is 0 Å². The Morgan fingerprint density at radius 1 is 1.52 bits per heavy atom. The second kappa shape index (κ2) is 6.58. The van der Waals surface area contributed by atoms with Crippen LogP contribution >= 0.6 is 11.6 Å². The molecule has 1 fully saturated rings. The quantitative estimate of drug-likeness (QED) is 0.907. The standard InChI is InChI=1S/C14H16ClF2NO3/c1-2-10-3-4-18(10)13(20)12(19)8-5-9(15)7-11(6-8)21-14(16)17/h5-7,10,12,14,19H,2-4H2,1H3. The Bertz CT molecular complexity index is 525. The van der Waals surface area contributed by atoms with Crippen LogP contribution in [0.4, 0.5) is 8.78 Å². The van der Waals surface area contributed by atoms with Crippen LogP contribution in [0.2, 0.25) is 5.02 Å². The van der Waals surface area contributed by atoms with E-state index in [2.05, 4.69) is 4.74 Å². The average Bonchev–Trinajstić information content (AvgIpc) is 2.35. The van der Waals surface area contributed by atoms with Gasteiger partial charge >= 0.3 is 6.61 Å². The Hall–Kier alpha value is -1.40. The van der Waals surface area contributed by atoms with E-state index in [4.69, 9.17) is 11.6 Å². The van der Waals surface area contributed by atoms with Gasteiger partial charge in [-0.15, -0.1) is 0 Å². The minimum Gasteiger partial charge on any atom is -0.435 e. The fourth-order valence-electron chi connectivity index (χ4n) is 2.37. The molecule has 0 saturated carbocycles. The number of carbonyl (C=O) groups is 1. The zero-order valence-electron chi connectivity index (χ0n) is 11.4. The number of hydrogen-bond acceptors (Lipinski definition) is 3. The van der Waals surface area contributed by atoms with Crippen LogP contribution in [0.1, 0.15) is 31.4 Å². The van der Waals surface area contributed by atoms with E-state index < -0.39 is 18.6 Å². The highest BCUT2D eigenvalue weighted by atomic mass is 35.5. The molecule has 0 bridgehead atoms. The first kappa shape index (κ1) is 16.0. The summed E-state index contributed by atoms with van der Waals surface area (Å²) in [6.45, 7) is -0.441. The molecule has 2 atom stereocenters. The van der Waals surface area contributed by atoms with E-state index >= 15 is 0 Å². The monoisotopic (exact) mass is 319 g/mol. The molecule has 4 nitrogen and oxygen atoms in total. The van der Waals surface area contributed by atoms with Gasteiger partial charge in [-0.25, -0.2) is 0 Å². The summed E-state index contributed by atoms with van der Waals surface area (Å²) in [5.74, 6) is -0.631. The number of rotatable bonds is 5. The molecule has 1 saturated heterocycles. The SMILES string of the molecule is CCC1CCN1C(=O)C(O)c1cc(Cl)cc(OC(F)F)c1. The van der Waals surface area contributed by atoms with Crippen LogP contribution in [-0.2, 0) is 4.79 Å². The summed E-state index contributed by atoms with van der Waals surface area (Å²) >= 11 is 5.80. The maximum atomic E-state index is 12.2. The van der Waals surface area contributed by atoms with Gasteiger partial charge in [0.05, 0.1) is 0 Å². The maximum Gasteiger partial charge on any atom is 0.387 e. The van der Waals surface area contributed by atoms with E-state index in [-0.39, 0.29) is 22.4 Å². The molecule has 0 aliphatic carbocycles. The van der Waals surface area contributed by atoms with Crippen molar-refractivity contribution in [1.82, 2.24) is 4.90 Å². The Morgan fingerprint density at radius 3 is 2.76 bits per heavy atom. The first-order valence-electron chi connectivity index (χ1n) is 6.66. The molecule has 2 unspecified atom stereocenters. The van der Waals surface area contributed by atoms with Crippen LogP contribution in [0.25, 0.3) is 0 Å². The second-order valence-corrected chi connectivity index (χ2v) is 5.32. The van der Waals surface area contributed by atoms with E-state index in [1.807, 2.05) is 6.92 Å². The number of nitrogens with zero attached hydrogens (tertiary/aromatic N) is 1. The Labute approximate surface area is 126 Å². The molecule has 1 N–H and O–H groups in total. The van der Waals surface area contributed by atoms with Gasteiger partial charge in [0.15, 0.2) is 6.10 Å². The highest BCUT2D eigenvalue weighted by Gasteiger charge is 2.34. The number of carbonyl (C=O) groups excluding carboxylic acids is 1. The molecular formula is C14H16ClF2NO3. The zero-order valence-corrected chi connectivity index (χ0v) is 12.2. The van der Waals surface area contributed by atoms with Crippen molar-refractivity contribution in [2.45, 2.75) is 38.5 Å². The maximum absolute atomic E-state index is 12.2. The molecule has 1 aliphatic rings. The van der Waals surface area contributed by atoms with Gasteiger partial charge in [-0.1, -0.05) is 18.5 Å². The van der Waals surface area contributed by atoms with Crippen LogP contribution in [0.3, 0.4) is 0 Å². The van der Waals surface area contributed by atoms with E-state index in [0.717, 1.165) is 12.8 Å². The van der Waals surface area contributed by atoms with Crippen molar-refractivity contribution in [3.05, 3.63) is 28.8 Å². The minimum absolute atomic E-state index is 0.116. The molecule has 116 valence electrons. The molecule has 21 heavy (non-hydrogen) atoms. The number of aliphatic hydroxyl groups is 1. The van der Waals surface area contributed by atoms with Gasteiger partial charge in [0.1, 0.15) is 5.75 Å². The molecule has 1 aromatic rings. The average molecular weight is 320 g/mol. The molecule has 1 heterocycles. The van der Waals surface area contributed by atoms with Crippen LogP contribution in [0.15, 0.2) is 18.2 Å². The first-order valence-corrected chi connectivity index (χ1v) is 7.04. The summed E-state index contributed by atoms with van der Waals surface area (Å²) in [6.07, 6.45) is 0.288. The lowest BCUT2D eigenvalue weighted by atomic mass is 9.98. The number of likely N-dealkylation sites (tertiary alicyclic amines) is 1. The van der Waals surface area contributed by atoms with Crippen LogP contribution in [0, 0.1) is 0 Å². The second-order valence-electron chi connectivity index (χ2n) is 4.88. The molecule has 1 amide bonds. The summed E-state index contributed by atoms with van der Waals surface area (Å²) in [5.41, 5.74) is 0.143. The molecule has 2 rings (SSSR count). The van der Waals surface area contributed by atoms with Crippen molar-refractivity contribution in [1.29, 1.82) is 0 Å². The summed E-state index contributed by atoms with van der Waals surface area (Å²) < 4.78 is 28.7. The number of halogens is 3. The third-order valence-electron chi connectivity index (χ3n) is 3.57. The highest BCUT2D eigenvalue weighted by Crippen LogP contribution is 2.30. The Morgan fingerprint density at radius 2 is 2.24 bits per heavy atom. The van der Waals surface area contributed by atoms with Crippen LogP contribution in [0.5, 0.6) is 5.75 Å². The lowest BCUT2D eigenvalue weighted by Gasteiger charge is -2.41. The molecule has 0 radical (unpaired) electrons. The molecule has 0 aromatic heterocycles. The van der Waals surface area contributed by atoms with Crippen molar-refractivity contribution in [2.24, 2.45) is 0 Å². The Kier molecular flexibility index (Phi) is 5.00. The molecule has 0 spiro atoms. The van der Waals surface area contributed by atoms with Crippen molar-refractivity contribution in [3.63, 3.8) is 0 Å². The lowest BCUT2D eigenvalue weighted by molar-refractivity contribution is -0.148. The summed E-state index contributed by atoms with van der Waals surface area (Å²) in [6, 6.07) is 3.89. The number of aliphatic hydroxyl groups excluding tert-OH is 1.